The summed E-state index contributed by atoms with van der Waals surface area (Å²) in [5, 5.41) is 1.53. The summed E-state index contributed by atoms with van der Waals surface area (Å²) < 4.78 is 6.84. The van der Waals surface area contributed by atoms with E-state index in [1.165, 1.54) is 0 Å². The maximum absolute atomic E-state index is 12.0. The van der Waals surface area contributed by atoms with E-state index in [-0.39, 0.29) is 12.4 Å². The lowest BCUT2D eigenvalue weighted by Gasteiger charge is -2.07. The minimum absolute atomic E-state index is 0.0592. The Labute approximate surface area is 153 Å². The van der Waals surface area contributed by atoms with Crippen molar-refractivity contribution in [3.05, 3.63) is 57.3 Å². The molecule has 0 spiro atoms. The molecule has 3 rings (SSSR count). The van der Waals surface area contributed by atoms with Gasteiger partial charge in [0.1, 0.15) is 5.65 Å². The molecule has 124 valence electrons. The molecule has 0 saturated heterocycles. The number of benzene rings is 1. The van der Waals surface area contributed by atoms with Gasteiger partial charge in [0.25, 0.3) is 0 Å². The molecule has 7 heteroatoms. The normalized spacial score (nSPS) is 11.0. The summed E-state index contributed by atoms with van der Waals surface area (Å²) in [6.45, 7) is 2.08. The van der Waals surface area contributed by atoms with Crippen molar-refractivity contribution in [2.75, 3.05) is 6.61 Å². The molecule has 3 aromatic rings. The maximum Gasteiger partial charge on any atom is 0.311 e. The van der Waals surface area contributed by atoms with Gasteiger partial charge in [-0.3, -0.25) is 4.79 Å². The van der Waals surface area contributed by atoms with E-state index in [4.69, 9.17) is 39.5 Å². The molecule has 0 N–H and O–H groups in total. The standard InChI is InChI=1S/C17H13Cl3N2O2/c1-2-24-16(23)8-14-17(12-5-3-10(18)7-13(12)20)21-15-6-4-11(19)9-22(14)15/h3-7,9H,2,8H2,1H3. The Morgan fingerprint density at radius 1 is 1.17 bits per heavy atom. The molecule has 4 nitrogen and oxygen atoms in total. The number of rotatable bonds is 4. The van der Waals surface area contributed by atoms with E-state index < -0.39 is 0 Å². The van der Waals surface area contributed by atoms with Gasteiger partial charge in [0.2, 0.25) is 0 Å². The van der Waals surface area contributed by atoms with Crippen molar-refractivity contribution in [2.24, 2.45) is 0 Å². The summed E-state index contributed by atoms with van der Waals surface area (Å²) in [6.07, 6.45) is 1.77. The molecule has 24 heavy (non-hydrogen) atoms. The average Bonchev–Trinajstić information content (AvgIpc) is 2.85. The van der Waals surface area contributed by atoms with Gasteiger partial charge in [0, 0.05) is 16.8 Å². The van der Waals surface area contributed by atoms with E-state index in [1.54, 1.807) is 47.9 Å². The van der Waals surface area contributed by atoms with Crippen LogP contribution in [0.1, 0.15) is 12.6 Å². The second-order valence-electron chi connectivity index (χ2n) is 5.09. The summed E-state index contributed by atoms with van der Waals surface area (Å²) in [7, 11) is 0. The van der Waals surface area contributed by atoms with Crippen LogP contribution in [-0.4, -0.2) is 22.0 Å². The molecule has 0 atom stereocenters. The fourth-order valence-electron chi connectivity index (χ4n) is 2.48. The third-order valence-electron chi connectivity index (χ3n) is 3.48. The molecule has 0 radical (unpaired) electrons. The SMILES string of the molecule is CCOC(=O)Cc1c(-c2ccc(Cl)cc2Cl)nc2ccc(Cl)cn12. The third-order valence-corrected chi connectivity index (χ3v) is 4.26. The minimum Gasteiger partial charge on any atom is -0.466 e. The number of nitrogens with zero attached hydrogens (tertiary/aromatic N) is 2. The second-order valence-corrected chi connectivity index (χ2v) is 6.37. The summed E-state index contributed by atoms with van der Waals surface area (Å²) in [4.78, 5) is 16.6. The van der Waals surface area contributed by atoms with Gasteiger partial charge in [-0.15, -0.1) is 0 Å². The highest BCUT2D eigenvalue weighted by Crippen LogP contribution is 2.33. The highest BCUT2D eigenvalue weighted by Gasteiger charge is 2.19. The van der Waals surface area contributed by atoms with Crippen molar-refractivity contribution in [3.8, 4) is 11.3 Å². The van der Waals surface area contributed by atoms with Crippen LogP contribution in [0.3, 0.4) is 0 Å². The molecule has 0 bridgehead atoms. The molecule has 0 fully saturated rings. The van der Waals surface area contributed by atoms with Crippen molar-refractivity contribution < 1.29 is 9.53 Å². The predicted molar refractivity (Wildman–Crippen MR) is 96.0 cm³/mol. The fourth-order valence-corrected chi connectivity index (χ4v) is 3.14. The Hall–Kier alpha value is -1.75. The summed E-state index contributed by atoms with van der Waals surface area (Å²) in [5.74, 6) is -0.342. The van der Waals surface area contributed by atoms with Crippen molar-refractivity contribution in [1.82, 2.24) is 9.38 Å². The van der Waals surface area contributed by atoms with Crippen LogP contribution < -0.4 is 0 Å². The van der Waals surface area contributed by atoms with Crippen LogP contribution in [0.25, 0.3) is 16.9 Å². The molecule has 2 aromatic heterocycles. The molecular weight excluding hydrogens is 371 g/mol. The van der Waals surface area contributed by atoms with Gasteiger partial charge < -0.3 is 9.14 Å². The summed E-state index contributed by atoms with van der Waals surface area (Å²) >= 11 is 18.4. The number of esters is 1. The minimum atomic E-state index is -0.342. The number of halogens is 3. The van der Waals surface area contributed by atoms with Crippen LogP contribution in [0.4, 0.5) is 0 Å². The number of hydrogen-bond donors (Lipinski definition) is 0. The Bertz CT molecular complexity index is 922. The highest BCUT2D eigenvalue weighted by molar-refractivity contribution is 6.36. The lowest BCUT2D eigenvalue weighted by molar-refractivity contribution is -0.142. The van der Waals surface area contributed by atoms with Crippen LogP contribution in [0.15, 0.2) is 36.5 Å². The quantitative estimate of drug-likeness (QED) is 0.591. The van der Waals surface area contributed by atoms with Crippen molar-refractivity contribution in [3.63, 3.8) is 0 Å². The van der Waals surface area contributed by atoms with E-state index in [2.05, 4.69) is 4.98 Å². The zero-order chi connectivity index (χ0) is 17.3. The number of pyridine rings is 1. The monoisotopic (exact) mass is 382 g/mol. The summed E-state index contributed by atoms with van der Waals surface area (Å²) in [5.41, 5.74) is 2.63. The Morgan fingerprint density at radius 3 is 2.62 bits per heavy atom. The predicted octanol–water partition coefficient (Wildman–Crippen LogP) is 5.07. The topological polar surface area (TPSA) is 43.6 Å². The smallest absolute Gasteiger partial charge is 0.311 e. The van der Waals surface area contributed by atoms with Gasteiger partial charge in [-0.2, -0.15) is 0 Å². The number of ether oxygens (including phenoxy) is 1. The Balaban J connectivity index is 2.20. The van der Waals surface area contributed by atoms with Crippen LogP contribution in [0, 0.1) is 0 Å². The van der Waals surface area contributed by atoms with E-state index in [9.17, 15) is 4.79 Å². The van der Waals surface area contributed by atoms with Gasteiger partial charge >= 0.3 is 5.97 Å². The molecule has 0 aliphatic carbocycles. The lowest BCUT2D eigenvalue weighted by Crippen LogP contribution is -2.10. The van der Waals surface area contributed by atoms with E-state index in [1.807, 2.05) is 0 Å². The van der Waals surface area contributed by atoms with Gasteiger partial charge in [0.15, 0.2) is 0 Å². The zero-order valence-corrected chi connectivity index (χ0v) is 15.0. The molecule has 2 heterocycles. The van der Waals surface area contributed by atoms with Gasteiger partial charge in [-0.25, -0.2) is 4.98 Å². The molecule has 0 saturated carbocycles. The third kappa shape index (κ3) is 3.36. The lowest BCUT2D eigenvalue weighted by atomic mass is 10.1. The largest absolute Gasteiger partial charge is 0.466 e. The fraction of sp³-hybridized carbons (Fsp3) is 0.176. The zero-order valence-electron chi connectivity index (χ0n) is 12.7. The van der Waals surface area contributed by atoms with Crippen LogP contribution in [0.2, 0.25) is 15.1 Å². The van der Waals surface area contributed by atoms with E-state index >= 15 is 0 Å². The Morgan fingerprint density at radius 2 is 1.92 bits per heavy atom. The highest BCUT2D eigenvalue weighted by atomic mass is 35.5. The number of fused-ring (bicyclic) bond motifs is 1. The first-order valence-corrected chi connectivity index (χ1v) is 8.40. The van der Waals surface area contributed by atoms with Crippen LogP contribution in [0.5, 0.6) is 0 Å². The molecule has 0 amide bonds. The number of hydrogen-bond acceptors (Lipinski definition) is 3. The number of carbonyl (C=O) groups is 1. The second kappa shape index (κ2) is 7.01. The van der Waals surface area contributed by atoms with Crippen LogP contribution >= 0.6 is 34.8 Å². The van der Waals surface area contributed by atoms with Crippen molar-refractivity contribution in [2.45, 2.75) is 13.3 Å². The molecule has 0 aliphatic heterocycles. The average molecular weight is 384 g/mol. The number of aromatic nitrogens is 2. The molecule has 1 aromatic carbocycles. The van der Waals surface area contributed by atoms with Gasteiger partial charge in [-0.05, 0) is 37.3 Å². The van der Waals surface area contributed by atoms with E-state index in [0.717, 1.165) is 0 Å². The summed E-state index contributed by atoms with van der Waals surface area (Å²) in [6, 6.07) is 8.68. The number of carbonyl (C=O) groups excluding carboxylic acids is 1. The van der Waals surface area contributed by atoms with Gasteiger partial charge in [-0.1, -0.05) is 34.8 Å². The first-order chi connectivity index (χ1) is 11.5. The first-order valence-electron chi connectivity index (χ1n) is 7.27. The molecule has 0 unspecified atom stereocenters. The molecule has 0 aliphatic rings. The molecular formula is C17H13Cl3N2O2. The Kier molecular flexibility index (Phi) is 4.99. The number of imidazole rings is 1. The van der Waals surface area contributed by atoms with Gasteiger partial charge in [0.05, 0.1) is 34.5 Å². The maximum atomic E-state index is 12.0. The van der Waals surface area contributed by atoms with Crippen LogP contribution in [-0.2, 0) is 16.0 Å². The first kappa shape index (κ1) is 17.1. The van der Waals surface area contributed by atoms with E-state index in [0.29, 0.717) is 44.3 Å². The van der Waals surface area contributed by atoms with Crippen molar-refractivity contribution in [1.29, 1.82) is 0 Å². The van der Waals surface area contributed by atoms with Crippen molar-refractivity contribution >= 4 is 46.4 Å².